The molecular formula is C25H24N6O2. The second kappa shape index (κ2) is 7.90. The first-order chi connectivity index (χ1) is 16.2. The van der Waals surface area contributed by atoms with Crippen molar-refractivity contribution in [1.29, 1.82) is 0 Å². The molecular weight excluding hydrogens is 416 g/mol. The first-order valence-corrected chi connectivity index (χ1v) is 11.2. The maximum atomic E-state index is 13.3. The molecule has 0 radical (unpaired) electrons. The number of rotatable bonds is 4. The lowest BCUT2D eigenvalue weighted by molar-refractivity contribution is -0.0829. The highest BCUT2D eigenvalue weighted by Crippen LogP contribution is 2.45. The van der Waals surface area contributed by atoms with Gasteiger partial charge in [0, 0.05) is 18.3 Å². The van der Waals surface area contributed by atoms with Gasteiger partial charge in [-0.05, 0) is 59.2 Å². The number of amides is 2. The Morgan fingerprint density at radius 2 is 1.85 bits per heavy atom. The third-order valence-electron chi connectivity index (χ3n) is 6.29. The number of fused-ring (bicyclic) bond motifs is 1. The smallest absolute Gasteiger partial charge is 0.346 e. The molecule has 1 saturated heterocycles. The number of aromatic nitrogens is 3. The molecule has 2 amide bonds. The van der Waals surface area contributed by atoms with Gasteiger partial charge in [0.1, 0.15) is 0 Å². The summed E-state index contributed by atoms with van der Waals surface area (Å²) in [6.07, 6.45) is 4.89. The molecule has 6 rings (SSSR count). The maximum Gasteiger partial charge on any atom is 0.346 e. The number of urea groups is 1. The van der Waals surface area contributed by atoms with Crippen molar-refractivity contribution in [3.05, 3.63) is 78.0 Å². The van der Waals surface area contributed by atoms with Crippen molar-refractivity contribution in [2.75, 3.05) is 17.7 Å². The van der Waals surface area contributed by atoms with Gasteiger partial charge in [-0.1, -0.05) is 42.5 Å². The van der Waals surface area contributed by atoms with E-state index in [2.05, 4.69) is 27.5 Å². The molecule has 2 fully saturated rings. The molecule has 33 heavy (non-hydrogen) atoms. The fourth-order valence-electron chi connectivity index (χ4n) is 4.49. The monoisotopic (exact) mass is 440 g/mol. The molecule has 1 unspecified atom stereocenters. The minimum absolute atomic E-state index is 0.0976. The zero-order chi connectivity index (χ0) is 22.4. The number of anilines is 2. The van der Waals surface area contributed by atoms with Crippen LogP contribution in [0.4, 0.5) is 16.4 Å². The van der Waals surface area contributed by atoms with Gasteiger partial charge in [-0.2, -0.15) is 10.0 Å². The van der Waals surface area contributed by atoms with Crippen LogP contribution in [0.3, 0.4) is 0 Å². The predicted octanol–water partition coefficient (Wildman–Crippen LogP) is 4.77. The van der Waals surface area contributed by atoms with Crippen LogP contribution in [0, 0.1) is 0 Å². The number of nitrogens with two attached hydrogens (primary N) is 1. The van der Waals surface area contributed by atoms with Crippen LogP contribution in [0.25, 0.3) is 16.8 Å². The van der Waals surface area contributed by atoms with Crippen LogP contribution in [0.5, 0.6) is 0 Å². The Labute approximate surface area is 190 Å². The van der Waals surface area contributed by atoms with E-state index in [4.69, 9.17) is 10.6 Å². The highest BCUT2D eigenvalue weighted by molar-refractivity contribution is 5.91. The zero-order valence-electron chi connectivity index (χ0n) is 18.0. The summed E-state index contributed by atoms with van der Waals surface area (Å²) in [6.45, 7) is 0.518. The van der Waals surface area contributed by atoms with Crippen LogP contribution >= 0.6 is 0 Å². The van der Waals surface area contributed by atoms with Crippen molar-refractivity contribution in [3.63, 3.8) is 0 Å². The first-order valence-electron chi connectivity index (χ1n) is 11.2. The van der Waals surface area contributed by atoms with Crippen molar-refractivity contribution in [1.82, 2.24) is 19.7 Å². The normalized spacial score (nSPS) is 18.1. The third-order valence-corrected chi connectivity index (χ3v) is 6.29. The van der Waals surface area contributed by atoms with Gasteiger partial charge in [0.25, 0.3) is 0 Å². The lowest BCUT2D eigenvalue weighted by atomic mass is 10.0. The molecule has 8 heteroatoms. The van der Waals surface area contributed by atoms with E-state index < -0.39 is 0 Å². The van der Waals surface area contributed by atoms with Crippen LogP contribution in [0.2, 0.25) is 0 Å². The van der Waals surface area contributed by atoms with E-state index in [1.165, 1.54) is 5.06 Å². The van der Waals surface area contributed by atoms with Crippen LogP contribution in [-0.4, -0.2) is 32.3 Å². The standard InChI is InChI=1S/C25H24N6O2/c26-24-28-23-15-19(10-12-30(23)29-24)18-8-9-20(16-6-7-16)21(14-18)27-25(32)31-22(11-13-33-31)17-4-2-1-3-5-17/h1-5,8-10,12,14-16,22H,6-7,11,13H2,(H2,26,29)(H,27,32). The zero-order valence-corrected chi connectivity index (χ0v) is 18.0. The van der Waals surface area contributed by atoms with Gasteiger partial charge < -0.3 is 11.1 Å². The Kier molecular flexibility index (Phi) is 4.73. The molecule has 1 saturated carbocycles. The Bertz CT molecular complexity index is 1330. The Hall–Kier alpha value is -3.91. The number of hydroxylamine groups is 2. The number of hydrogen-bond acceptors (Lipinski definition) is 5. The number of nitrogen functional groups attached to an aromatic ring is 1. The summed E-state index contributed by atoms with van der Waals surface area (Å²) in [5.74, 6) is 0.723. The number of pyridine rings is 1. The quantitative estimate of drug-likeness (QED) is 0.477. The third kappa shape index (κ3) is 3.78. The minimum atomic E-state index is -0.249. The lowest BCUT2D eigenvalue weighted by Crippen LogP contribution is -2.33. The molecule has 8 nitrogen and oxygen atoms in total. The van der Waals surface area contributed by atoms with Crippen molar-refractivity contribution in [2.45, 2.75) is 31.2 Å². The Morgan fingerprint density at radius 3 is 2.67 bits per heavy atom. The predicted molar refractivity (Wildman–Crippen MR) is 125 cm³/mol. The Balaban J connectivity index is 1.31. The molecule has 3 N–H and O–H groups in total. The second-order valence-corrected chi connectivity index (χ2v) is 8.57. The van der Waals surface area contributed by atoms with E-state index in [0.29, 0.717) is 18.2 Å². The summed E-state index contributed by atoms with van der Waals surface area (Å²) in [5, 5.41) is 8.74. The highest BCUT2D eigenvalue weighted by Gasteiger charge is 2.33. The van der Waals surface area contributed by atoms with Gasteiger partial charge in [0.05, 0.1) is 12.6 Å². The first kappa shape index (κ1) is 19.8. The molecule has 166 valence electrons. The van der Waals surface area contributed by atoms with E-state index in [0.717, 1.165) is 47.2 Å². The number of benzene rings is 2. The SMILES string of the molecule is Nc1nc2cc(-c3ccc(C4CC4)c(NC(=O)N4OCCC4c4ccccc4)c3)ccn2n1. The number of nitrogens with one attached hydrogen (secondary N) is 1. The molecule has 4 aromatic rings. The fraction of sp³-hybridized carbons (Fsp3) is 0.240. The van der Waals surface area contributed by atoms with E-state index >= 15 is 0 Å². The van der Waals surface area contributed by atoms with Gasteiger partial charge in [0.2, 0.25) is 5.95 Å². The van der Waals surface area contributed by atoms with Gasteiger partial charge in [0.15, 0.2) is 5.65 Å². The summed E-state index contributed by atoms with van der Waals surface area (Å²) < 4.78 is 1.65. The average Bonchev–Trinajstić information content (AvgIpc) is 3.42. The lowest BCUT2D eigenvalue weighted by Gasteiger charge is -2.24. The van der Waals surface area contributed by atoms with Gasteiger partial charge >= 0.3 is 6.03 Å². The summed E-state index contributed by atoms with van der Waals surface area (Å²) in [7, 11) is 0. The highest BCUT2D eigenvalue weighted by atomic mass is 16.7. The van der Waals surface area contributed by atoms with Crippen LogP contribution in [0.1, 0.15) is 42.3 Å². The van der Waals surface area contributed by atoms with Crippen LogP contribution < -0.4 is 11.1 Å². The van der Waals surface area contributed by atoms with Gasteiger partial charge in [-0.25, -0.2) is 9.31 Å². The fourth-order valence-corrected chi connectivity index (χ4v) is 4.49. The van der Waals surface area contributed by atoms with E-state index in [1.54, 1.807) is 4.52 Å². The molecule has 1 atom stereocenters. The number of nitrogens with zero attached hydrogens (tertiary/aromatic N) is 4. The molecule has 2 aromatic heterocycles. The number of carbonyl (C=O) groups excluding carboxylic acids is 1. The summed E-state index contributed by atoms with van der Waals surface area (Å²) >= 11 is 0. The van der Waals surface area contributed by atoms with Crippen molar-refractivity contribution < 1.29 is 9.63 Å². The summed E-state index contributed by atoms with van der Waals surface area (Å²) in [6, 6.07) is 19.8. The largest absolute Gasteiger partial charge is 0.366 e. The van der Waals surface area contributed by atoms with Crippen molar-refractivity contribution >= 4 is 23.3 Å². The average molecular weight is 441 g/mol. The number of hydrogen-bond donors (Lipinski definition) is 2. The molecule has 1 aliphatic heterocycles. The topological polar surface area (TPSA) is 97.8 Å². The van der Waals surface area contributed by atoms with Crippen molar-refractivity contribution in [2.24, 2.45) is 0 Å². The maximum absolute atomic E-state index is 13.3. The second-order valence-electron chi connectivity index (χ2n) is 8.57. The van der Waals surface area contributed by atoms with E-state index in [1.807, 2.05) is 54.7 Å². The summed E-state index contributed by atoms with van der Waals surface area (Å²) in [5.41, 5.74) is 11.4. The van der Waals surface area contributed by atoms with Crippen LogP contribution in [0.15, 0.2) is 66.9 Å². The van der Waals surface area contributed by atoms with Crippen LogP contribution in [-0.2, 0) is 4.84 Å². The molecule has 3 heterocycles. The molecule has 0 bridgehead atoms. The van der Waals surface area contributed by atoms with Gasteiger partial charge in [-0.15, -0.1) is 5.10 Å². The Morgan fingerprint density at radius 1 is 1.03 bits per heavy atom. The van der Waals surface area contributed by atoms with Crippen molar-refractivity contribution in [3.8, 4) is 11.1 Å². The van der Waals surface area contributed by atoms with E-state index in [9.17, 15) is 4.79 Å². The molecule has 0 spiro atoms. The molecule has 2 aromatic carbocycles. The molecule has 2 aliphatic rings. The van der Waals surface area contributed by atoms with Gasteiger partial charge in [-0.3, -0.25) is 4.84 Å². The number of carbonyl (C=O) groups is 1. The summed E-state index contributed by atoms with van der Waals surface area (Å²) in [4.78, 5) is 23.3. The van der Waals surface area contributed by atoms with E-state index in [-0.39, 0.29) is 18.0 Å². The minimum Gasteiger partial charge on any atom is -0.366 e. The molecule has 1 aliphatic carbocycles.